The van der Waals surface area contributed by atoms with Crippen molar-refractivity contribution in [3.8, 4) is 0 Å². The molecule has 0 radical (unpaired) electrons. The van der Waals surface area contributed by atoms with Crippen molar-refractivity contribution in [1.29, 1.82) is 0 Å². The van der Waals surface area contributed by atoms with E-state index in [1.807, 2.05) is 22.4 Å². The summed E-state index contributed by atoms with van der Waals surface area (Å²) < 4.78 is 12.7. The Morgan fingerprint density at radius 2 is 2.13 bits per heavy atom. The molecule has 2 saturated heterocycles. The monoisotopic (exact) mass is 432 g/mol. The molecule has 0 aliphatic carbocycles. The molecule has 4 heterocycles. The summed E-state index contributed by atoms with van der Waals surface area (Å²) in [6.45, 7) is 2.64. The van der Waals surface area contributed by atoms with Crippen LogP contribution in [-0.4, -0.2) is 58.8 Å². The first-order valence-corrected chi connectivity index (χ1v) is 11.6. The summed E-state index contributed by atoms with van der Waals surface area (Å²) in [5, 5.41) is 7.12. The number of ether oxygens (including phenoxy) is 2. The van der Waals surface area contributed by atoms with Gasteiger partial charge in [-0.3, -0.25) is 4.79 Å². The number of fused-ring (bicyclic) bond motifs is 1. The van der Waals surface area contributed by atoms with Crippen LogP contribution < -0.4 is 10.6 Å². The van der Waals surface area contributed by atoms with E-state index in [-0.39, 0.29) is 12.0 Å². The van der Waals surface area contributed by atoms with Crippen molar-refractivity contribution < 1.29 is 19.1 Å². The molecular formula is C21H28N4O4S. The zero-order valence-corrected chi connectivity index (χ0v) is 18.2. The van der Waals surface area contributed by atoms with Crippen molar-refractivity contribution in [2.45, 2.75) is 51.3 Å². The van der Waals surface area contributed by atoms with Gasteiger partial charge >= 0.3 is 5.97 Å². The number of carbonyl (C=O) groups excluding carboxylic acids is 2. The smallest absolute Gasteiger partial charge is 0.356 e. The summed E-state index contributed by atoms with van der Waals surface area (Å²) >= 11 is 1.98. The molecule has 2 fully saturated rings. The Morgan fingerprint density at radius 1 is 1.33 bits per heavy atom. The van der Waals surface area contributed by atoms with Crippen molar-refractivity contribution in [3.63, 3.8) is 0 Å². The van der Waals surface area contributed by atoms with Gasteiger partial charge in [-0.15, -0.1) is 0 Å². The first-order valence-electron chi connectivity index (χ1n) is 10.4. The highest BCUT2D eigenvalue weighted by molar-refractivity contribution is 7.99. The predicted molar refractivity (Wildman–Crippen MR) is 118 cm³/mol. The number of thioether (sulfide) groups is 1. The van der Waals surface area contributed by atoms with Crippen LogP contribution in [0.5, 0.6) is 0 Å². The molecule has 0 spiro atoms. The average molecular weight is 433 g/mol. The lowest BCUT2D eigenvalue weighted by Crippen LogP contribution is -2.24. The summed E-state index contributed by atoms with van der Waals surface area (Å²) in [5.41, 5.74) is 2.27. The van der Waals surface area contributed by atoms with Gasteiger partial charge < -0.3 is 24.7 Å². The normalized spacial score (nSPS) is 19.7. The van der Waals surface area contributed by atoms with Gasteiger partial charge in [-0.05, 0) is 43.3 Å². The molecule has 30 heavy (non-hydrogen) atoms. The fourth-order valence-corrected chi connectivity index (χ4v) is 5.27. The maximum atomic E-state index is 12.7. The summed E-state index contributed by atoms with van der Waals surface area (Å²) in [5.74, 6) is 1.54. The summed E-state index contributed by atoms with van der Waals surface area (Å²) in [4.78, 5) is 29.3. The Bertz CT molecular complexity index is 933. The van der Waals surface area contributed by atoms with E-state index in [0.717, 1.165) is 54.9 Å². The Balaban J connectivity index is 1.78. The highest BCUT2D eigenvalue weighted by atomic mass is 32.2. The number of amides is 1. The number of nitrogens with zero attached hydrogens (tertiary/aromatic N) is 2. The van der Waals surface area contributed by atoms with Gasteiger partial charge in [0.15, 0.2) is 5.69 Å². The Labute approximate surface area is 180 Å². The molecule has 4 rings (SSSR count). The third-order valence-electron chi connectivity index (χ3n) is 5.58. The van der Waals surface area contributed by atoms with Crippen molar-refractivity contribution >= 4 is 46.0 Å². The zero-order valence-electron chi connectivity index (χ0n) is 17.4. The molecule has 9 heteroatoms. The topological polar surface area (TPSA) is 94.5 Å². The van der Waals surface area contributed by atoms with E-state index in [4.69, 9.17) is 9.47 Å². The average Bonchev–Trinajstić information content (AvgIpc) is 3.35. The molecule has 2 aromatic heterocycles. The van der Waals surface area contributed by atoms with E-state index in [9.17, 15) is 9.59 Å². The Kier molecular flexibility index (Phi) is 6.48. The molecule has 0 aromatic carbocycles. The van der Waals surface area contributed by atoms with Gasteiger partial charge in [0.05, 0.1) is 37.3 Å². The van der Waals surface area contributed by atoms with E-state index in [0.29, 0.717) is 29.6 Å². The highest BCUT2D eigenvalue weighted by Crippen LogP contribution is 2.34. The fraction of sp³-hybridized carbons (Fsp3) is 0.571. The number of aromatic nitrogens is 2. The number of hydrogen-bond acceptors (Lipinski definition) is 7. The van der Waals surface area contributed by atoms with Crippen LogP contribution in [0.3, 0.4) is 0 Å². The third-order valence-corrected chi connectivity index (χ3v) is 6.63. The number of anilines is 2. The number of rotatable bonds is 6. The first-order chi connectivity index (χ1) is 14.6. The van der Waals surface area contributed by atoms with E-state index in [1.54, 1.807) is 6.20 Å². The van der Waals surface area contributed by atoms with E-state index in [1.165, 1.54) is 14.0 Å². The van der Waals surface area contributed by atoms with Gasteiger partial charge in [0.1, 0.15) is 5.65 Å². The van der Waals surface area contributed by atoms with E-state index < -0.39 is 5.97 Å². The van der Waals surface area contributed by atoms with Gasteiger partial charge in [0.2, 0.25) is 5.91 Å². The van der Waals surface area contributed by atoms with Crippen molar-refractivity contribution in [3.05, 3.63) is 18.0 Å². The summed E-state index contributed by atoms with van der Waals surface area (Å²) in [7, 11) is 1.34. The lowest BCUT2D eigenvalue weighted by Gasteiger charge is -2.23. The molecule has 162 valence electrons. The number of methoxy groups -OCH3 is 1. The largest absolute Gasteiger partial charge is 0.464 e. The van der Waals surface area contributed by atoms with Crippen molar-refractivity contribution in [2.75, 3.05) is 35.9 Å². The van der Waals surface area contributed by atoms with Gasteiger partial charge in [0, 0.05) is 25.0 Å². The van der Waals surface area contributed by atoms with Crippen molar-refractivity contribution in [1.82, 2.24) is 9.55 Å². The van der Waals surface area contributed by atoms with Crippen LogP contribution in [0.1, 0.15) is 43.1 Å². The molecular weight excluding hydrogens is 404 g/mol. The van der Waals surface area contributed by atoms with Gasteiger partial charge in [-0.1, -0.05) is 0 Å². The lowest BCUT2D eigenvalue weighted by atomic mass is 10.1. The minimum absolute atomic E-state index is 0.00789. The molecule has 2 aliphatic heterocycles. The van der Waals surface area contributed by atoms with E-state index in [2.05, 4.69) is 15.6 Å². The maximum absolute atomic E-state index is 12.7. The second kappa shape index (κ2) is 9.26. The van der Waals surface area contributed by atoms with E-state index >= 15 is 0 Å². The quantitative estimate of drug-likeness (QED) is 0.677. The standard InChI is InChI=1S/C21H28N4O4S/c1-13(26)23-18-17-10-15(24-14-5-8-30-9-6-14)11-22-20(17)25(19(18)21(27)28-2)12-16-4-3-7-29-16/h10-11,14,16,24H,3-9,12H2,1-2H3,(H,23,26). The molecule has 2 aromatic rings. The van der Waals surface area contributed by atoms with Crippen LogP contribution in [-0.2, 0) is 20.8 Å². The SMILES string of the molecule is COC(=O)c1c(NC(C)=O)c2cc(NC3CCSCC3)cnc2n1CC1CCCO1. The lowest BCUT2D eigenvalue weighted by molar-refractivity contribution is -0.114. The molecule has 2 N–H and O–H groups in total. The van der Waals surface area contributed by atoms with Crippen LogP contribution in [0.4, 0.5) is 11.4 Å². The molecule has 0 bridgehead atoms. The first kappa shape index (κ1) is 21.0. The molecule has 1 unspecified atom stereocenters. The highest BCUT2D eigenvalue weighted by Gasteiger charge is 2.28. The number of hydrogen-bond donors (Lipinski definition) is 2. The zero-order chi connectivity index (χ0) is 21.1. The van der Waals surface area contributed by atoms with Crippen LogP contribution in [0.15, 0.2) is 12.3 Å². The predicted octanol–water partition coefficient (Wildman–Crippen LogP) is 3.27. The molecule has 2 aliphatic rings. The third kappa shape index (κ3) is 4.41. The van der Waals surface area contributed by atoms with Gasteiger partial charge in [-0.25, -0.2) is 9.78 Å². The van der Waals surface area contributed by atoms with Crippen LogP contribution >= 0.6 is 11.8 Å². The molecule has 8 nitrogen and oxygen atoms in total. The Hall–Kier alpha value is -2.26. The minimum Gasteiger partial charge on any atom is -0.464 e. The van der Waals surface area contributed by atoms with Crippen LogP contribution in [0.2, 0.25) is 0 Å². The second-order valence-electron chi connectivity index (χ2n) is 7.77. The summed E-state index contributed by atoms with van der Waals surface area (Å²) in [6, 6.07) is 2.37. The van der Waals surface area contributed by atoms with Crippen molar-refractivity contribution in [2.24, 2.45) is 0 Å². The number of esters is 1. The summed E-state index contributed by atoms with van der Waals surface area (Å²) in [6.07, 6.45) is 5.94. The number of nitrogens with one attached hydrogen (secondary N) is 2. The molecule has 1 atom stereocenters. The fourth-order valence-electron chi connectivity index (χ4n) is 4.16. The number of carbonyl (C=O) groups is 2. The minimum atomic E-state index is -0.506. The van der Waals surface area contributed by atoms with Gasteiger partial charge in [-0.2, -0.15) is 11.8 Å². The molecule has 0 saturated carbocycles. The maximum Gasteiger partial charge on any atom is 0.356 e. The van der Waals surface area contributed by atoms with Gasteiger partial charge in [0.25, 0.3) is 0 Å². The van der Waals surface area contributed by atoms with Crippen LogP contribution in [0.25, 0.3) is 11.0 Å². The Morgan fingerprint density at radius 3 is 2.80 bits per heavy atom. The molecule has 1 amide bonds. The van der Waals surface area contributed by atoms with Crippen LogP contribution in [0, 0.1) is 0 Å². The second-order valence-corrected chi connectivity index (χ2v) is 8.99. The number of pyridine rings is 1.